The van der Waals surface area contributed by atoms with E-state index in [9.17, 15) is 0 Å². The van der Waals surface area contributed by atoms with Gasteiger partial charge in [-0.05, 0) is 37.3 Å². The number of anilines is 1. The van der Waals surface area contributed by atoms with Crippen molar-refractivity contribution in [3.8, 4) is 0 Å². The largest absolute Gasteiger partial charge is 0.364 e. The van der Waals surface area contributed by atoms with Gasteiger partial charge >= 0.3 is 0 Å². The lowest BCUT2D eigenvalue weighted by molar-refractivity contribution is 0.557. The first-order chi connectivity index (χ1) is 7.36. The highest BCUT2D eigenvalue weighted by atomic mass is 15.2. The summed E-state index contributed by atoms with van der Waals surface area (Å²) in [7, 11) is 0. The fourth-order valence-electron chi connectivity index (χ4n) is 2.75. The zero-order valence-electron chi connectivity index (χ0n) is 9.08. The summed E-state index contributed by atoms with van der Waals surface area (Å²) in [4.78, 5) is 2.56. The van der Waals surface area contributed by atoms with Gasteiger partial charge in [-0.3, -0.25) is 0 Å². The maximum absolute atomic E-state index is 5.92. The molecule has 2 heteroatoms. The maximum atomic E-state index is 5.92. The van der Waals surface area contributed by atoms with Crippen molar-refractivity contribution >= 4 is 5.69 Å². The molecule has 0 amide bonds. The van der Waals surface area contributed by atoms with Crippen LogP contribution in [0.4, 0.5) is 5.69 Å². The van der Waals surface area contributed by atoms with Gasteiger partial charge in [0.1, 0.15) is 0 Å². The molecule has 3 rings (SSSR count). The molecule has 1 fully saturated rings. The zero-order valence-corrected chi connectivity index (χ0v) is 9.08. The van der Waals surface area contributed by atoms with Crippen molar-refractivity contribution in [3.63, 3.8) is 0 Å². The molecule has 2 N–H and O–H groups in total. The Morgan fingerprint density at radius 2 is 2.07 bits per heavy atom. The average molecular weight is 202 g/mol. The van der Waals surface area contributed by atoms with Gasteiger partial charge in [-0.1, -0.05) is 18.2 Å². The monoisotopic (exact) mass is 202 g/mol. The number of para-hydroxylation sites is 1. The van der Waals surface area contributed by atoms with Gasteiger partial charge in [-0.15, -0.1) is 0 Å². The predicted molar refractivity (Wildman–Crippen MR) is 63.1 cm³/mol. The molecule has 1 aliphatic heterocycles. The molecule has 0 aromatic heterocycles. The molecule has 15 heavy (non-hydrogen) atoms. The Bertz CT molecular complexity index is 369. The molecular formula is C13H18N2. The van der Waals surface area contributed by atoms with Crippen LogP contribution in [0.25, 0.3) is 0 Å². The number of hydrogen-bond donors (Lipinski definition) is 1. The van der Waals surface area contributed by atoms with Crippen LogP contribution >= 0.6 is 0 Å². The second kappa shape index (κ2) is 3.24. The first-order valence-corrected chi connectivity index (χ1v) is 5.91. The SMILES string of the molecule is NCC1(N2CCCc3ccccc32)CC1. The van der Waals surface area contributed by atoms with Crippen molar-refractivity contribution in [1.82, 2.24) is 0 Å². The van der Waals surface area contributed by atoms with E-state index < -0.39 is 0 Å². The molecule has 1 heterocycles. The summed E-state index contributed by atoms with van der Waals surface area (Å²) < 4.78 is 0. The van der Waals surface area contributed by atoms with Crippen LogP contribution in [-0.2, 0) is 6.42 Å². The van der Waals surface area contributed by atoms with Crippen molar-refractivity contribution in [2.45, 2.75) is 31.2 Å². The molecule has 0 atom stereocenters. The van der Waals surface area contributed by atoms with Crippen LogP contribution < -0.4 is 10.6 Å². The summed E-state index contributed by atoms with van der Waals surface area (Å²) in [5.74, 6) is 0. The minimum atomic E-state index is 0.316. The van der Waals surface area contributed by atoms with Crippen LogP contribution in [0.15, 0.2) is 24.3 Å². The molecule has 1 saturated carbocycles. The lowest BCUT2D eigenvalue weighted by Gasteiger charge is -2.38. The number of hydrogen-bond acceptors (Lipinski definition) is 2. The predicted octanol–water partition coefficient (Wildman–Crippen LogP) is 1.93. The number of nitrogens with two attached hydrogens (primary N) is 1. The maximum Gasteiger partial charge on any atom is 0.0526 e. The summed E-state index contributed by atoms with van der Waals surface area (Å²) in [5, 5.41) is 0. The number of fused-ring (bicyclic) bond motifs is 1. The topological polar surface area (TPSA) is 29.3 Å². The van der Waals surface area contributed by atoms with Crippen LogP contribution in [0.2, 0.25) is 0 Å². The van der Waals surface area contributed by atoms with Crippen molar-refractivity contribution < 1.29 is 0 Å². The third-order valence-corrected chi connectivity index (χ3v) is 3.89. The lowest BCUT2D eigenvalue weighted by Crippen LogP contribution is -2.45. The normalized spacial score (nSPS) is 22.3. The van der Waals surface area contributed by atoms with Gasteiger partial charge in [-0.25, -0.2) is 0 Å². The Kier molecular flexibility index (Phi) is 1.99. The Morgan fingerprint density at radius 1 is 1.27 bits per heavy atom. The van der Waals surface area contributed by atoms with Crippen molar-refractivity contribution in [2.75, 3.05) is 18.0 Å². The van der Waals surface area contributed by atoms with Crippen LogP contribution in [-0.4, -0.2) is 18.6 Å². The van der Waals surface area contributed by atoms with E-state index in [1.807, 2.05) is 0 Å². The number of aryl methyl sites for hydroxylation is 1. The van der Waals surface area contributed by atoms with Gasteiger partial charge in [-0.2, -0.15) is 0 Å². The summed E-state index contributed by atoms with van der Waals surface area (Å²) in [6, 6.07) is 8.80. The van der Waals surface area contributed by atoms with Gasteiger partial charge in [0.2, 0.25) is 0 Å². The third kappa shape index (κ3) is 1.36. The lowest BCUT2D eigenvalue weighted by atomic mass is 9.99. The Hall–Kier alpha value is -1.02. The molecule has 1 aliphatic carbocycles. The Morgan fingerprint density at radius 3 is 2.80 bits per heavy atom. The highest BCUT2D eigenvalue weighted by Gasteiger charge is 2.47. The highest BCUT2D eigenvalue weighted by Crippen LogP contribution is 2.45. The Balaban J connectivity index is 1.99. The molecule has 0 bridgehead atoms. The van der Waals surface area contributed by atoms with Crippen LogP contribution in [0, 0.1) is 0 Å². The molecule has 0 saturated heterocycles. The molecule has 0 unspecified atom stereocenters. The van der Waals surface area contributed by atoms with E-state index in [0.717, 1.165) is 6.54 Å². The Labute approximate surface area is 91.1 Å². The van der Waals surface area contributed by atoms with Crippen molar-refractivity contribution in [1.29, 1.82) is 0 Å². The van der Waals surface area contributed by atoms with E-state index >= 15 is 0 Å². The van der Waals surface area contributed by atoms with Crippen molar-refractivity contribution in [2.24, 2.45) is 5.73 Å². The standard InChI is InChI=1S/C13H18N2/c14-10-13(7-8-13)15-9-3-5-11-4-1-2-6-12(11)15/h1-2,4,6H,3,5,7-10,14H2. The van der Waals surface area contributed by atoms with Gasteiger partial charge in [0.25, 0.3) is 0 Å². The quantitative estimate of drug-likeness (QED) is 0.794. The molecule has 80 valence electrons. The number of nitrogens with zero attached hydrogens (tertiary/aromatic N) is 1. The molecule has 2 nitrogen and oxygen atoms in total. The molecular weight excluding hydrogens is 184 g/mol. The van der Waals surface area contributed by atoms with Gasteiger partial charge in [0.15, 0.2) is 0 Å². The fourth-order valence-corrected chi connectivity index (χ4v) is 2.75. The third-order valence-electron chi connectivity index (χ3n) is 3.89. The van der Waals surface area contributed by atoms with E-state index in [0.29, 0.717) is 5.54 Å². The smallest absolute Gasteiger partial charge is 0.0526 e. The highest BCUT2D eigenvalue weighted by molar-refractivity contribution is 5.59. The summed E-state index contributed by atoms with van der Waals surface area (Å²) in [5.41, 5.74) is 9.17. The average Bonchev–Trinajstić information content (AvgIpc) is 3.09. The van der Waals surface area contributed by atoms with Crippen LogP contribution in [0.5, 0.6) is 0 Å². The van der Waals surface area contributed by atoms with Crippen LogP contribution in [0.1, 0.15) is 24.8 Å². The minimum absolute atomic E-state index is 0.316. The molecule has 1 aromatic carbocycles. The molecule has 2 aliphatic rings. The van der Waals surface area contributed by atoms with Gasteiger partial charge < -0.3 is 10.6 Å². The molecule has 0 spiro atoms. The first kappa shape index (κ1) is 9.22. The summed E-state index contributed by atoms with van der Waals surface area (Å²) in [6.45, 7) is 2.00. The van der Waals surface area contributed by atoms with E-state index in [2.05, 4.69) is 29.2 Å². The van der Waals surface area contributed by atoms with Crippen LogP contribution in [0.3, 0.4) is 0 Å². The number of rotatable bonds is 2. The number of benzene rings is 1. The van der Waals surface area contributed by atoms with Gasteiger partial charge in [0.05, 0.1) is 5.54 Å². The van der Waals surface area contributed by atoms with E-state index in [4.69, 9.17) is 5.73 Å². The van der Waals surface area contributed by atoms with Gasteiger partial charge in [0, 0.05) is 18.8 Å². The second-order valence-corrected chi connectivity index (χ2v) is 4.81. The summed E-state index contributed by atoms with van der Waals surface area (Å²) in [6.07, 6.45) is 5.06. The second-order valence-electron chi connectivity index (χ2n) is 4.81. The molecule has 1 aromatic rings. The zero-order chi connectivity index (χ0) is 10.3. The van der Waals surface area contributed by atoms with Crippen molar-refractivity contribution in [3.05, 3.63) is 29.8 Å². The first-order valence-electron chi connectivity index (χ1n) is 5.91. The van der Waals surface area contributed by atoms with E-state index in [1.54, 1.807) is 0 Å². The molecule has 0 radical (unpaired) electrons. The fraction of sp³-hybridized carbons (Fsp3) is 0.538. The minimum Gasteiger partial charge on any atom is -0.364 e. The van der Waals surface area contributed by atoms with E-state index in [-0.39, 0.29) is 0 Å². The summed E-state index contributed by atoms with van der Waals surface area (Å²) >= 11 is 0. The van der Waals surface area contributed by atoms with E-state index in [1.165, 1.54) is 43.5 Å².